The summed E-state index contributed by atoms with van der Waals surface area (Å²) in [5, 5.41) is 0. The molecule has 0 aliphatic carbocycles. The summed E-state index contributed by atoms with van der Waals surface area (Å²) in [6.07, 6.45) is 1.29. The summed E-state index contributed by atoms with van der Waals surface area (Å²) in [5.41, 5.74) is 6.05. The van der Waals surface area contributed by atoms with Crippen molar-refractivity contribution < 1.29 is 9.53 Å². The predicted octanol–water partition coefficient (Wildman–Crippen LogP) is 1.42. The molecule has 0 aromatic rings. The van der Waals surface area contributed by atoms with Crippen LogP contribution in [0.3, 0.4) is 0 Å². The van der Waals surface area contributed by atoms with Crippen LogP contribution < -0.4 is 5.73 Å². The topological polar surface area (TPSA) is 55.6 Å². The first-order valence-corrected chi connectivity index (χ1v) is 5.99. The van der Waals surface area contributed by atoms with Crippen LogP contribution in [0.5, 0.6) is 0 Å². The second-order valence-corrected chi connectivity index (χ2v) is 5.28. The Morgan fingerprint density at radius 3 is 2.59 bits per heavy atom. The number of nitrogens with two attached hydrogens (primary N) is 1. The van der Waals surface area contributed by atoms with E-state index in [4.69, 9.17) is 10.5 Å². The Morgan fingerprint density at radius 1 is 1.59 bits per heavy atom. The number of likely N-dealkylation sites (tertiary alicyclic amines) is 1. The lowest BCUT2D eigenvalue weighted by atomic mass is 9.79. The van der Waals surface area contributed by atoms with Gasteiger partial charge in [0.15, 0.2) is 0 Å². The monoisotopic (exact) mass is 264 g/mol. The molecule has 1 fully saturated rings. The Morgan fingerprint density at radius 2 is 2.18 bits per heavy atom. The molecule has 1 heterocycles. The van der Waals surface area contributed by atoms with Gasteiger partial charge in [-0.05, 0) is 18.3 Å². The second kappa shape index (κ2) is 6.57. The molecule has 1 rings (SSSR count). The first kappa shape index (κ1) is 16.7. The molecule has 0 radical (unpaired) electrons. The molecule has 1 amide bonds. The Kier molecular flexibility index (Phi) is 6.45. The molecule has 2 atom stereocenters. The molecule has 4 nitrogen and oxygen atoms in total. The van der Waals surface area contributed by atoms with E-state index < -0.39 is 0 Å². The van der Waals surface area contributed by atoms with Crippen LogP contribution in [0, 0.1) is 5.41 Å². The highest BCUT2D eigenvalue weighted by Gasteiger charge is 2.36. The molecular weight excluding hydrogens is 240 g/mol. The van der Waals surface area contributed by atoms with E-state index >= 15 is 0 Å². The van der Waals surface area contributed by atoms with E-state index in [0.29, 0.717) is 0 Å². The van der Waals surface area contributed by atoms with Crippen molar-refractivity contribution in [2.75, 3.05) is 20.2 Å². The lowest BCUT2D eigenvalue weighted by Crippen LogP contribution is -2.55. The maximum Gasteiger partial charge on any atom is 0.251 e. The van der Waals surface area contributed by atoms with Crippen molar-refractivity contribution in [1.29, 1.82) is 0 Å². The van der Waals surface area contributed by atoms with Gasteiger partial charge in [0.2, 0.25) is 0 Å². The van der Waals surface area contributed by atoms with Crippen LogP contribution in [-0.4, -0.2) is 43.2 Å². The molecule has 1 saturated heterocycles. The van der Waals surface area contributed by atoms with Crippen molar-refractivity contribution in [2.24, 2.45) is 11.1 Å². The molecule has 1 aliphatic heterocycles. The van der Waals surface area contributed by atoms with Gasteiger partial charge >= 0.3 is 0 Å². The van der Waals surface area contributed by atoms with E-state index in [-0.39, 0.29) is 35.9 Å². The average Bonchev–Trinajstić information content (AvgIpc) is 2.23. The molecule has 2 unspecified atom stereocenters. The van der Waals surface area contributed by atoms with E-state index in [9.17, 15) is 4.79 Å². The van der Waals surface area contributed by atoms with E-state index in [1.54, 1.807) is 7.11 Å². The molecule has 1 aliphatic rings. The predicted molar refractivity (Wildman–Crippen MR) is 71.3 cm³/mol. The van der Waals surface area contributed by atoms with Crippen LogP contribution >= 0.6 is 12.4 Å². The Bertz CT molecular complexity index is 255. The summed E-state index contributed by atoms with van der Waals surface area (Å²) >= 11 is 0. The summed E-state index contributed by atoms with van der Waals surface area (Å²) in [7, 11) is 1.59. The number of rotatable bonds is 3. The van der Waals surface area contributed by atoms with Crippen LogP contribution in [0.15, 0.2) is 0 Å². The molecule has 2 N–H and O–H groups in total. The number of hydrogen-bond acceptors (Lipinski definition) is 3. The fraction of sp³-hybridized carbons (Fsp3) is 0.917. The highest BCUT2D eigenvalue weighted by Crippen LogP contribution is 2.28. The number of halogens is 1. The first-order valence-electron chi connectivity index (χ1n) is 5.99. The zero-order chi connectivity index (χ0) is 12.3. The summed E-state index contributed by atoms with van der Waals surface area (Å²) in [6, 6.07) is 0.180. The van der Waals surface area contributed by atoms with Gasteiger partial charge in [-0.2, -0.15) is 0 Å². The third kappa shape index (κ3) is 3.83. The van der Waals surface area contributed by atoms with Crippen molar-refractivity contribution in [2.45, 2.75) is 45.8 Å². The maximum absolute atomic E-state index is 12.1. The van der Waals surface area contributed by atoms with Gasteiger partial charge in [0, 0.05) is 26.2 Å². The van der Waals surface area contributed by atoms with Crippen LogP contribution in [0.1, 0.15) is 33.6 Å². The molecular formula is C12H25ClN2O2. The van der Waals surface area contributed by atoms with E-state index in [0.717, 1.165) is 25.9 Å². The normalized spacial score (nSPS) is 25.0. The number of carbonyl (C=O) groups is 1. The highest BCUT2D eigenvalue weighted by atomic mass is 35.5. The zero-order valence-electron chi connectivity index (χ0n) is 11.2. The quantitative estimate of drug-likeness (QED) is 0.839. The highest BCUT2D eigenvalue weighted by molar-refractivity contribution is 5.85. The third-order valence-electron chi connectivity index (χ3n) is 3.55. The van der Waals surface area contributed by atoms with Crippen LogP contribution in [0.25, 0.3) is 0 Å². The maximum atomic E-state index is 12.1. The second-order valence-electron chi connectivity index (χ2n) is 5.28. The summed E-state index contributed by atoms with van der Waals surface area (Å²) in [5.74, 6) is 0.102. The van der Waals surface area contributed by atoms with Gasteiger partial charge in [-0.3, -0.25) is 4.79 Å². The lowest BCUT2D eigenvalue weighted by molar-refractivity contribution is -0.145. The van der Waals surface area contributed by atoms with Crippen LogP contribution in [-0.2, 0) is 9.53 Å². The molecule has 17 heavy (non-hydrogen) atoms. The van der Waals surface area contributed by atoms with Gasteiger partial charge in [0.25, 0.3) is 5.91 Å². The molecule has 0 aromatic carbocycles. The number of amides is 1. The van der Waals surface area contributed by atoms with Gasteiger partial charge in [-0.25, -0.2) is 0 Å². The molecule has 0 aromatic heterocycles. The third-order valence-corrected chi connectivity index (χ3v) is 3.55. The number of methoxy groups -OCH3 is 1. The van der Waals surface area contributed by atoms with Gasteiger partial charge in [0.1, 0.15) is 6.10 Å². The van der Waals surface area contributed by atoms with Gasteiger partial charge in [0.05, 0.1) is 0 Å². The molecule has 5 heteroatoms. The van der Waals surface area contributed by atoms with E-state index in [2.05, 4.69) is 13.8 Å². The van der Waals surface area contributed by atoms with Crippen molar-refractivity contribution in [3.8, 4) is 0 Å². The lowest BCUT2D eigenvalue weighted by Gasteiger charge is -2.43. The molecule has 102 valence electrons. The van der Waals surface area contributed by atoms with Crippen molar-refractivity contribution >= 4 is 18.3 Å². The van der Waals surface area contributed by atoms with Crippen molar-refractivity contribution in [1.82, 2.24) is 4.90 Å². The minimum atomic E-state index is -0.301. The summed E-state index contributed by atoms with van der Waals surface area (Å²) in [6.45, 7) is 7.68. The number of hydrogen-bond donors (Lipinski definition) is 1. The van der Waals surface area contributed by atoms with Gasteiger partial charge in [-0.15, -0.1) is 12.4 Å². The van der Waals surface area contributed by atoms with Crippen molar-refractivity contribution in [3.05, 3.63) is 0 Å². The molecule has 0 spiro atoms. The van der Waals surface area contributed by atoms with E-state index in [1.807, 2.05) is 11.8 Å². The van der Waals surface area contributed by atoms with Crippen LogP contribution in [0.2, 0.25) is 0 Å². The fourth-order valence-corrected chi connectivity index (χ4v) is 2.21. The molecule has 0 saturated carbocycles. The number of piperidine rings is 1. The fourth-order valence-electron chi connectivity index (χ4n) is 2.21. The Hall–Kier alpha value is -0.320. The largest absolute Gasteiger partial charge is 0.372 e. The smallest absolute Gasteiger partial charge is 0.251 e. The average molecular weight is 265 g/mol. The van der Waals surface area contributed by atoms with Gasteiger partial charge in [-0.1, -0.05) is 20.8 Å². The zero-order valence-corrected chi connectivity index (χ0v) is 12.0. The Balaban J connectivity index is 0.00000256. The van der Waals surface area contributed by atoms with Gasteiger partial charge < -0.3 is 15.4 Å². The molecule has 0 bridgehead atoms. The first-order chi connectivity index (χ1) is 7.42. The standard InChI is InChI=1S/C12H24N2O2.ClH/c1-5-9(16-4)11(15)14-7-6-10(13)12(2,3)8-14;/h9-10H,5-8,13H2,1-4H3;1H. The van der Waals surface area contributed by atoms with Crippen molar-refractivity contribution in [3.63, 3.8) is 0 Å². The summed E-state index contributed by atoms with van der Waals surface area (Å²) in [4.78, 5) is 14.0. The minimum Gasteiger partial charge on any atom is -0.372 e. The summed E-state index contributed by atoms with van der Waals surface area (Å²) < 4.78 is 5.19. The Labute approximate surface area is 110 Å². The number of ether oxygens (including phenoxy) is 1. The number of nitrogens with zero attached hydrogens (tertiary/aromatic N) is 1. The SMILES string of the molecule is CCC(OC)C(=O)N1CCC(N)C(C)(C)C1.Cl. The van der Waals surface area contributed by atoms with E-state index in [1.165, 1.54) is 0 Å². The van der Waals surface area contributed by atoms with Crippen LogP contribution in [0.4, 0.5) is 0 Å². The number of carbonyl (C=O) groups excluding carboxylic acids is 1. The minimum absolute atomic E-state index is 0.